The van der Waals surface area contributed by atoms with E-state index < -0.39 is 0 Å². The lowest BCUT2D eigenvalue weighted by Crippen LogP contribution is -2.35. The van der Waals surface area contributed by atoms with Gasteiger partial charge in [-0.25, -0.2) is 4.98 Å². The number of aromatic nitrogens is 2. The number of anilines is 3. The van der Waals surface area contributed by atoms with Crippen LogP contribution in [0, 0.1) is 17.2 Å². The zero-order valence-corrected chi connectivity index (χ0v) is 18.5. The van der Waals surface area contributed by atoms with E-state index in [9.17, 15) is 0 Å². The Morgan fingerprint density at radius 1 is 1.20 bits per heavy atom. The molecule has 0 radical (unpaired) electrons. The highest BCUT2D eigenvalue weighted by atomic mass is 15.3. The third-order valence-corrected chi connectivity index (χ3v) is 5.88. The van der Waals surface area contributed by atoms with Crippen LogP contribution >= 0.6 is 0 Å². The molecule has 1 saturated heterocycles. The molecular weight excluding hydrogens is 372 g/mol. The molecule has 3 rings (SSSR count). The summed E-state index contributed by atoms with van der Waals surface area (Å²) in [6, 6.07) is 12.2. The molecular formula is C24H34N6. The van der Waals surface area contributed by atoms with Gasteiger partial charge in [-0.05, 0) is 43.5 Å². The van der Waals surface area contributed by atoms with Crippen molar-refractivity contribution >= 4 is 17.5 Å². The molecule has 30 heavy (non-hydrogen) atoms. The van der Waals surface area contributed by atoms with Crippen LogP contribution in [0.5, 0.6) is 0 Å². The lowest BCUT2D eigenvalue weighted by Gasteiger charge is -2.21. The highest BCUT2D eigenvalue weighted by molar-refractivity contribution is 5.58. The van der Waals surface area contributed by atoms with Crippen molar-refractivity contribution in [2.24, 2.45) is 5.92 Å². The zero-order valence-electron chi connectivity index (χ0n) is 18.5. The minimum absolute atomic E-state index is 0.513. The second kappa shape index (κ2) is 10.9. The van der Waals surface area contributed by atoms with Gasteiger partial charge >= 0.3 is 0 Å². The Bertz CT molecular complexity index is 855. The Morgan fingerprint density at radius 3 is 2.77 bits per heavy atom. The third-order valence-electron chi connectivity index (χ3n) is 5.88. The van der Waals surface area contributed by atoms with Gasteiger partial charge in [-0.15, -0.1) is 0 Å². The molecule has 1 aromatic heterocycles. The van der Waals surface area contributed by atoms with Gasteiger partial charge in [0.15, 0.2) is 0 Å². The van der Waals surface area contributed by atoms with Crippen molar-refractivity contribution in [1.82, 2.24) is 15.3 Å². The fraction of sp³-hybridized carbons (Fsp3) is 0.542. The van der Waals surface area contributed by atoms with Crippen LogP contribution in [0.4, 0.5) is 17.5 Å². The summed E-state index contributed by atoms with van der Waals surface area (Å²) in [6.45, 7) is 9.79. The molecule has 160 valence electrons. The standard InChI is InChI=1S/C24H34N6/c1-4-8-20-14-23(30-12-11-22(17-30)26-16-18(5-2)6-3)29-24(27-20)28-21-10-7-9-19(13-21)15-25/h7,9-10,13-14,18,22,26H,4-6,8,11-12,16-17H2,1-3H3,(H,27,28,29). The van der Waals surface area contributed by atoms with Crippen LogP contribution in [-0.4, -0.2) is 35.6 Å². The van der Waals surface area contributed by atoms with Crippen molar-refractivity contribution < 1.29 is 0 Å². The van der Waals surface area contributed by atoms with Crippen LogP contribution in [0.25, 0.3) is 0 Å². The predicted octanol–water partition coefficient (Wildman–Crippen LogP) is 4.65. The molecule has 0 bridgehead atoms. The largest absolute Gasteiger partial charge is 0.355 e. The second-order valence-electron chi connectivity index (χ2n) is 8.13. The van der Waals surface area contributed by atoms with Crippen molar-refractivity contribution in [1.29, 1.82) is 5.26 Å². The third kappa shape index (κ3) is 5.93. The molecule has 1 aliphatic rings. The summed E-state index contributed by atoms with van der Waals surface area (Å²) in [7, 11) is 0. The summed E-state index contributed by atoms with van der Waals surface area (Å²) in [5.41, 5.74) is 2.51. The van der Waals surface area contributed by atoms with Crippen molar-refractivity contribution in [3.8, 4) is 6.07 Å². The lowest BCUT2D eigenvalue weighted by molar-refractivity contribution is 0.418. The number of hydrogen-bond donors (Lipinski definition) is 2. The van der Waals surface area contributed by atoms with Gasteiger partial charge in [0, 0.05) is 36.6 Å². The second-order valence-corrected chi connectivity index (χ2v) is 8.13. The molecule has 0 spiro atoms. The average Bonchev–Trinajstić information content (AvgIpc) is 3.24. The highest BCUT2D eigenvalue weighted by Crippen LogP contribution is 2.23. The Kier molecular flexibility index (Phi) is 8.04. The summed E-state index contributed by atoms with van der Waals surface area (Å²) in [4.78, 5) is 11.9. The molecule has 1 aromatic carbocycles. The van der Waals surface area contributed by atoms with E-state index in [1.54, 1.807) is 6.07 Å². The van der Waals surface area contributed by atoms with Gasteiger partial charge in [0.05, 0.1) is 11.6 Å². The number of nitrogens with zero attached hydrogens (tertiary/aromatic N) is 4. The SMILES string of the molecule is CCCc1cc(N2CCC(NCC(CC)CC)C2)nc(Nc2cccc(C#N)c2)n1. The Morgan fingerprint density at radius 2 is 2.03 bits per heavy atom. The Labute approximate surface area is 180 Å². The van der Waals surface area contributed by atoms with Crippen molar-refractivity contribution in [2.75, 3.05) is 29.9 Å². The molecule has 2 aromatic rings. The van der Waals surface area contributed by atoms with Gasteiger partial charge in [-0.3, -0.25) is 0 Å². The predicted molar refractivity (Wildman–Crippen MR) is 123 cm³/mol. The molecule has 2 heterocycles. The fourth-order valence-electron chi connectivity index (χ4n) is 3.93. The smallest absolute Gasteiger partial charge is 0.229 e. The monoisotopic (exact) mass is 406 g/mol. The summed E-state index contributed by atoms with van der Waals surface area (Å²) in [6.07, 6.45) is 5.56. The van der Waals surface area contributed by atoms with Crippen LogP contribution in [-0.2, 0) is 6.42 Å². The molecule has 6 heteroatoms. The Balaban J connectivity index is 1.72. The molecule has 0 amide bonds. The highest BCUT2D eigenvalue weighted by Gasteiger charge is 2.24. The fourth-order valence-corrected chi connectivity index (χ4v) is 3.93. The van der Waals surface area contributed by atoms with Crippen molar-refractivity contribution in [3.05, 3.63) is 41.6 Å². The van der Waals surface area contributed by atoms with Crippen LogP contribution < -0.4 is 15.5 Å². The van der Waals surface area contributed by atoms with Gasteiger partial charge < -0.3 is 15.5 Å². The van der Waals surface area contributed by atoms with E-state index >= 15 is 0 Å². The van der Waals surface area contributed by atoms with Crippen LogP contribution in [0.2, 0.25) is 0 Å². The van der Waals surface area contributed by atoms with E-state index in [0.717, 1.165) is 62.0 Å². The first-order valence-electron chi connectivity index (χ1n) is 11.3. The van der Waals surface area contributed by atoms with Crippen LogP contribution in [0.1, 0.15) is 57.7 Å². The van der Waals surface area contributed by atoms with Crippen molar-refractivity contribution in [2.45, 2.75) is 58.9 Å². The maximum atomic E-state index is 9.14. The van der Waals surface area contributed by atoms with Crippen molar-refractivity contribution in [3.63, 3.8) is 0 Å². The molecule has 1 unspecified atom stereocenters. The summed E-state index contributed by atoms with van der Waals surface area (Å²) >= 11 is 0. The van der Waals surface area contributed by atoms with Gasteiger partial charge in [0.1, 0.15) is 5.82 Å². The lowest BCUT2D eigenvalue weighted by atomic mass is 10.0. The minimum Gasteiger partial charge on any atom is -0.355 e. The number of rotatable bonds is 10. The Hall–Kier alpha value is -2.65. The number of hydrogen-bond acceptors (Lipinski definition) is 6. The van der Waals surface area contributed by atoms with Crippen LogP contribution in [0.3, 0.4) is 0 Å². The van der Waals surface area contributed by atoms with E-state index in [-0.39, 0.29) is 0 Å². The van der Waals surface area contributed by atoms with Crippen LogP contribution in [0.15, 0.2) is 30.3 Å². The van der Waals surface area contributed by atoms with E-state index in [1.807, 2.05) is 18.2 Å². The molecule has 1 aliphatic heterocycles. The maximum absolute atomic E-state index is 9.14. The van der Waals surface area contributed by atoms with E-state index in [0.29, 0.717) is 17.6 Å². The summed E-state index contributed by atoms with van der Waals surface area (Å²) in [5.74, 6) is 2.34. The molecule has 0 aliphatic carbocycles. The minimum atomic E-state index is 0.513. The number of benzene rings is 1. The molecule has 1 atom stereocenters. The van der Waals surface area contributed by atoms with E-state index in [2.05, 4.69) is 48.4 Å². The topological polar surface area (TPSA) is 76.9 Å². The summed E-state index contributed by atoms with van der Waals surface area (Å²) < 4.78 is 0. The molecule has 2 N–H and O–H groups in total. The van der Waals surface area contributed by atoms with Gasteiger partial charge in [0.25, 0.3) is 0 Å². The first-order chi connectivity index (χ1) is 14.6. The molecule has 6 nitrogen and oxygen atoms in total. The van der Waals surface area contributed by atoms with E-state index in [4.69, 9.17) is 15.2 Å². The van der Waals surface area contributed by atoms with E-state index in [1.165, 1.54) is 12.8 Å². The quantitative estimate of drug-likeness (QED) is 0.598. The average molecular weight is 407 g/mol. The summed E-state index contributed by atoms with van der Waals surface area (Å²) in [5, 5.41) is 16.2. The molecule has 0 saturated carbocycles. The molecule has 1 fully saturated rings. The first kappa shape index (κ1) is 22.0. The van der Waals surface area contributed by atoms with Gasteiger partial charge in [-0.1, -0.05) is 46.1 Å². The first-order valence-corrected chi connectivity index (χ1v) is 11.3. The number of aryl methyl sites for hydroxylation is 1. The maximum Gasteiger partial charge on any atom is 0.229 e. The van der Waals surface area contributed by atoms with Gasteiger partial charge in [0.2, 0.25) is 5.95 Å². The normalized spacial score (nSPS) is 16.1. The zero-order chi connectivity index (χ0) is 21.3. The van der Waals surface area contributed by atoms with Gasteiger partial charge in [-0.2, -0.15) is 10.2 Å². The number of nitrogens with one attached hydrogen (secondary N) is 2. The number of nitriles is 1.